The molecule has 1 N–H and O–H groups in total. The Morgan fingerprint density at radius 2 is 1.52 bits per heavy atom. The van der Waals surface area contributed by atoms with E-state index in [-0.39, 0.29) is 11.2 Å². The first-order chi connectivity index (χ1) is 14.1. The quantitative estimate of drug-likeness (QED) is 0.817. The van der Waals surface area contributed by atoms with Gasteiger partial charge in [0.2, 0.25) is 11.2 Å². The number of anilines is 1. The summed E-state index contributed by atoms with van der Waals surface area (Å²) in [6.07, 6.45) is 0. The third kappa shape index (κ3) is 4.98. The lowest BCUT2D eigenvalue weighted by atomic mass is 10.2. The van der Waals surface area contributed by atoms with Crippen molar-refractivity contribution in [2.24, 2.45) is 0 Å². The second kappa shape index (κ2) is 8.98. The molecular formula is C22H30N4O3. The molecular weight excluding hydrogens is 368 g/mol. The van der Waals surface area contributed by atoms with Crippen LogP contribution in [0.15, 0.2) is 45.6 Å². The Morgan fingerprint density at radius 1 is 0.897 bits per heavy atom. The molecule has 0 radical (unpaired) electrons. The van der Waals surface area contributed by atoms with Gasteiger partial charge < -0.3 is 19.3 Å². The number of benzene rings is 1. The van der Waals surface area contributed by atoms with Crippen LogP contribution in [0, 0.1) is 0 Å². The molecule has 2 aliphatic rings. The summed E-state index contributed by atoms with van der Waals surface area (Å²) in [6.45, 7) is 8.56. The van der Waals surface area contributed by atoms with Gasteiger partial charge in [-0.05, 0) is 19.2 Å². The molecule has 2 aromatic rings. The monoisotopic (exact) mass is 398 g/mol. The number of hydrogen-bond acceptors (Lipinski definition) is 7. The van der Waals surface area contributed by atoms with Crippen LogP contribution >= 0.6 is 0 Å². The van der Waals surface area contributed by atoms with Crippen LogP contribution in [0.1, 0.15) is 11.5 Å². The number of piperazine rings is 2. The van der Waals surface area contributed by atoms with Gasteiger partial charge in [-0.1, -0.05) is 18.2 Å². The molecule has 7 heteroatoms. The molecule has 29 heavy (non-hydrogen) atoms. The van der Waals surface area contributed by atoms with Crippen LogP contribution in [0.3, 0.4) is 0 Å². The maximum absolute atomic E-state index is 12.3. The molecule has 0 unspecified atom stereocenters. The summed E-state index contributed by atoms with van der Waals surface area (Å²) in [7, 11) is 2.10. The first-order valence-electron chi connectivity index (χ1n) is 10.4. The van der Waals surface area contributed by atoms with Gasteiger partial charge in [-0.25, -0.2) is 0 Å². The molecule has 2 aliphatic heterocycles. The number of nitrogens with zero attached hydrogens (tertiary/aromatic N) is 4. The minimum absolute atomic E-state index is 0.249. The standard InChI is InChI=1S/C22H30N4O3/c1-23-7-9-25(10-8-23)17-21-22(28)20(27)15-19(29-21)16-24-11-13-26(14-12-24)18-5-3-2-4-6-18/h2-6,15,28H,7-14,16-17H2,1H3. The van der Waals surface area contributed by atoms with Crippen molar-refractivity contribution in [2.45, 2.75) is 13.1 Å². The third-order valence-corrected chi connectivity index (χ3v) is 5.88. The highest BCUT2D eigenvalue weighted by Crippen LogP contribution is 2.20. The second-order valence-corrected chi connectivity index (χ2v) is 8.03. The van der Waals surface area contributed by atoms with Crippen molar-refractivity contribution >= 4 is 5.69 Å². The summed E-state index contributed by atoms with van der Waals surface area (Å²) in [5.74, 6) is 0.770. The van der Waals surface area contributed by atoms with Crippen molar-refractivity contribution in [3.05, 3.63) is 58.1 Å². The number of para-hydroxylation sites is 1. The smallest absolute Gasteiger partial charge is 0.227 e. The van der Waals surface area contributed by atoms with Crippen molar-refractivity contribution in [3.63, 3.8) is 0 Å². The predicted molar refractivity (Wildman–Crippen MR) is 113 cm³/mol. The van der Waals surface area contributed by atoms with E-state index in [1.807, 2.05) is 6.07 Å². The third-order valence-electron chi connectivity index (χ3n) is 5.88. The normalized spacial score (nSPS) is 19.6. The topological polar surface area (TPSA) is 63.4 Å². The maximum Gasteiger partial charge on any atom is 0.227 e. The van der Waals surface area contributed by atoms with Crippen molar-refractivity contribution in [3.8, 4) is 5.75 Å². The van der Waals surface area contributed by atoms with Gasteiger partial charge in [-0.15, -0.1) is 0 Å². The lowest BCUT2D eigenvalue weighted by Gasteiger charge is -2.36. The van der Waals surface area contributed by atoms with E-state index in [9.17, 15) is 9.90 Å². The summed E-state index contributed by atoms with van der Waals surface area (Å²) in [5.41, 5.74) is 0.899. The van der Waals surface area contributed by atoms with E-state index in [1.54, 1.807) is 0 Å². The lowest BCUT2D eigenvalue weighted by Crippen LogP contribution is -2.46. The minimum Gasteiger partial charge on any atom is -0.502 e. The molecule has 3 heterocycles. The van der Waals surface area contributed by atoms with Crippen LogP contribution in [-0.4, -0.2) is 79.2 Å². The van der Waals surface area contributed by atoms with E-state index in [0.29, 0.717) is 24.6 Å². The Bertz CT molecular complexity index is 854. The van der Waals surface area contributed by atoms with Crippen molar-refractivity contribution in [1.82, 2.24) is 14.7 Å². The van der Waals surface area contributed by atoms with Gasteiger partial charge >= 0.3 is 0 Å². The van der Waals surface area contributed by atoms with E-state index in [4.69, 9.17) is 4.42 Å². The highest BCUT2D eigenvalue weighted by atomic mass is 16.4. The summed E-state index contributed by atoms with van der Waals surface area (Å²) in [6, 6.07) is 11.9. The fourth-order valence-electron chi connectivity index (χ4n) is 4.01. The molecule has 0 amide bonds. The van der Waals surface area contributed by atoms with E-state index in [0.717, 1.165) is 52.4 Å². The molecule has 156 valence electrons. The van der Waals surface area contributed by atoms with Crippen molar-refractivity contribution < 1.29 is 9.52 Å². The Labute approximate surface area is 171 Å². The SMILES string of the molecule is CN1CCN(Cc2oc(CN3CCN(c4ccccc4)CC3)cc(=O)c2O)CC1. The number of hydrogen-bond donors (Lipinski definition) is 1. The Kier molecular flexibility index (Phi) is 6.18. The molecule has 7 nitrogen and oxygen atoms in total. The molecule has 2 fully saturated rings. The zero-order valence-corrected chi connectivity index (χ0v) is 17.1. The molecule has 1 aromatic carbocycles. The first kappa shape index (κ1) is 19.9. The van der Waals surface area contributed by atoms with Gasteiger partial charge in [0, 0.05) is 64.1 Å². The summed E-state index contributed by atoms with van der Waals surface area (Å²) in [5, 5.41) is 10.2. The lowest BCUT2D eigenvalue weighted by molar-refractivity contribution is 0.135. The number of rotatable bonds is 5. The average molecular weight is 399 g/mol. The van der Waals surface area contributed by atoms with Gasteiger partial charge in [0.25, 0.3) is 0 Å². The average Bonchev–Trinajstić information content (AvgIpc) is 2.74. The first-order valence-corrected chi connectivity index (χ1v) is 10.4. The van der Waals surface area contributed by atoms with Gasteiger partial charge in [-0.3, -0.25) is 14.6 Å². The van der Waals surface area contributed by atoms with E-state index in [2.05, 4.69) is 50.9 Å². The van der Waals surface area contributed by atoms with Gasteiger partial charge in [0.1, 0.15) is 5.76 Å². The van der Waals surface area contributed by atoms with Crippen molar-refractivity contribution in [2.75, 3.05) is 64.3 Å². The van der Waals surface area contributed by atoms with E-state index < -0.39 is 0 Å². The zero-order chi connectivity index (χ0) is 20.2. The Morgan fingerprint density at radius 3 is 2.21 bits per heavy atom. The molecule has 1 aromatic heterocycles. The summed E-state index contributed by atoms with van der Waals surface area (Å²) in [4.78, 5) is 21.4. The molecule has 2 saturated heterocycles. The zero-order valence-electron chi connectivity index (χ0n) is 17.1. The molecule has 4 rings (SSSR count). The van der Waals surface area contributed by atoms with Gasteiger partial charge in [0.15, 0.2) is 5.76 Å². The number of likely N-dealkylation sites (N-methyl/N-ethyl adjacent to an activating group) is 1. The fourth-order valence-corrected chi connectivity index (χ4v) is 4.01. The molecule has 0 saturated carbocycles. The summed E-state index contributed by atoms with van der Waals surface area (Å²) >= 11 is 0. The van der Waals surface area contributed by atoms with Gasteiger partial charge in [-0.2, -0.15) is 0 Å². The highest BCUT2D eigenvalue weighted by molar-refractivity contribution is 5.46. The Balaban J connectivity index is 1.38. The second-order valence-electron chi connectivity index (χ2n) is 8.03. The fraction of sp³-hybridized carbons (Fsp3) is 0.500. The van der Waals surface area contributed by atoms with Crippen molar-refractivity contribution in [1.29, 1.82) is 0 Å². The van der Waals surface area contributed by atoms with Crippen LogP contribution in [0.2, 0.25) is 0 Å². The summed E-state index contributed by atoms with van der Waals surface area (Å²) < 4.78 is 5.97. The molecule has 0 atom stereocenters. The maximum atomic E-state index is 12.3. The minimum atomic E-state index is -0.349. The number of aromatic hydroxyl groups is 1. The molecule has 0 aliphatic carbocycles. The largest absolute Gasteiger partial charge is 0.502 e. The van der Waals surface area contributed by atoms with E-state index in [1.165, 1.54) is 11.8 Å². The molecule has 0 bridgehead atoms. The van der Waals surface area contributed by atoms with Crippen LogP contribution in [0.5, 0.6) is 5.75 Å². The van der Waals surface area contributed by atoms with Crippen LogP contribution in [-0.2, 0) is 13.1 Å². The molecule has 0 spiro atoms. The van der Waals surface area contributed by atoms with E-state index >= 15 is 0 Å². The highest BCUT2D eigenvalue weighted by Gasteiger charge is 2.21. The van der Waals surface area contributed by atoms with Crippen LogP contribution in [0.25, 0.3) is 0 Å². The Hall–Kier alpha value is -2.35. The van der Waals surface area contributed by atoms with Crippen LogP contribution < -0.4 is 10.3 Å². The van der Waals surface area contributed by atoms with Crippen LogP contribution in [0.4, 0.5) is 5.69 Å². The predicted octanol–water partition coefficient (Wildman–Crippen LogP) is 1.41. The van der Waals surface area contributed by atoms with Gasteiger partial charge in [0.05, 0.1) is 13.1 Å².